The molecule has 35 heavy (non-hydrogen) atoms. The lowest BCUT2D eigenvalue weighted by molar-refractivity contribution is -0.140. The van der Waals surface area contributed by atoms with E-state index in [2.05, 4.69) is 4.98 Å². The number of hydrogen-bond acceptors (Lipinski definition) is 7. The minimum Gasteiger partial charge on any atom is -0.507 e. The smallest absolute Gasteiger partial charge is 0.295 e. The molecule has 0 spiro atoms. The first-order valence-electron chi connectivity index (χ1n) is 11.1. The molecule has 8 nitrogen and oxygen atoms in total. The highest BCUT2D eigenvalue weighted by Gasteiger charge is 2.46. The molecular formula is C27H26N2O6. The predicted molar refractivity (Wildman–Crippen MR) is 129 cm³/mol. The summed E-state index contributed by atoms with van der Waals surface area (Å²) in [5.74, 6) is -1.12. The molecule has 1 aliphatic rings. The molecule has 1 aromatic heterocycles. The molecule has 2 heterocycles. The summed E-state index contributed by atoms with van der Waals surface area (Å²) in [4.78, 5) is 31.8. The van der Waals surface area contributed by atoms with Crippen molar-refractivity contribution in [3.8, 4) is 17.2 Å². The Morgan fingerprint density at radius 1 is 1.11 bits per heavy atom. The fourth-order valence-corrected chi connectivity index (χ4v) is 4.06. The fourth-order valence-electron chi connectivity index (χ4n) is 4.06. The van der Waals surface area contributed by atoms with Crippen molar-refractivity contribution < 1.29 is 29.3 Å². The lowest BCUT2D eigenvalue weighted by Gasteiger charge is -2.25. The summed E-state index contributed by atoms with van der Waals surface area (Å²) in [7, 11) is 1.41. The topological polar surface area (TPSA) is 109 Å². The number of phenols is 1. The molecule has 1 saturated heterocycles. The number of nitrogens with zero attached hydrogens (tertiary/aromatic N) is 2. The highest BCUT2D eigenvalue weighted by molar-refractivity contribution is 6.46. The molecule has 8 heteroatoms. The van der Waals surface area contributed by atoms with Crippen molar-refractivity contribution in [2.45, 2.75) is 32.5 Å². The number of rotatable bonds is 7. The van der Waals surface area contributed by atoms with Crippen LogP contribution in [-0.4, -0.2) is 45.0 Å². The SMILES string of the molecule is COc1cc([C@@H]2/C(=C(\O)c3ccc(OC(C)C)cc3)C(=O)C(=O)N2Cc2cccnc2)ccc1O. The minimum absolute atomic E-state index is 0.0169. The number of ether oxygens (including phenoxy) is 2. The van der Waals surface area contributed by atoms with E-state index in [9.17, 15) is 19.8 Å². The van der Waals surface area contributed by atoms with Crippen LogP contribution in [0.1, 0.15) is 36.6 Å². The first-order chi connectivity index (χ1) is 16.8. The number of benzene rings is 2. The Labute approximate surface area is 203 Å². The number of phenolic OH excluding ortho intramolecular Hbond substituents is 1. The van der Waals surface area contributed by atoms with Crippen LogP contribution < -0.4 is 9.47 Å². The third-order valence-corrected chi connectivity index (χ3v) is 5.63. The number of hydrogen-bond donors (Lipinski definition) is 2. The predicted octanol–water partition coefficient (Wildman–Crippen LogP) is 4.20. The molecule has 2 N–H and O–H groups in total. The zero-order valence-electron chi connectivity index (χ0n) is 19.6. The summed E-state index contributed by atoms with van der Waals surface area (Å²) >= 11 is 0. The first kappa shape index (κ1) is 23.8. The van der Waals surface area contributed by atoms with Crippen LogP contribution >= 0.6 is 0 Å². The summed E-state index contributed by atoms with van der Waals surface area (Å²) in [6.45, 7) is 3.91. The number of aromatic nitrogens is 1. The highest BCUT2D eigenvalue weighted by Crippen LogP contribution is 2.42. The van der Waals surface area contributed by atoms with E-state index in [1.165, 1.54) is 18.1 Å². The summed E-state index contributed by atoms with van der Waals surface area (Å²) in [5.41, 5.74) is 1.55. The summed E-state index contributed by atoms with van der Waals surface area (Å²) in [6, 6.07) is 13.9. The van der Waals surface area contributed by atoms with Gasteiger partial charge in [-0.2, -0.15) is 0 Å². The van der Waals surface area contributed by atoms with E-state index in [0.29, 0.717) is 16.9 Å². The van der Waals surface area contributed by atoms with Crippen LogP contribution in [0.15, 0.2) is 72.6 Å². The molecule has 1 fully saturated rings. The molecule has 180 valence electrons. The number of aliphatic hydroxyl groups is 1. The Morgan fingerprint density at radius 3 is 2.49 bits per heavy atom. The fraction of sp³-hybridized carbons (Fsp3) is 0.222. The Hall–Kier alpha value is -4.33. The van der Waals surface area contributed by atoms with Crippen molar-refractivity contribution in [2.75, 3.05) is 7.11 Å². The van der Waals surface area contributed by atoms with E-state index in [1.807, 2.05) is 13.8 Å². The van der Waals surface area contributed by atoms with Gasteiger partial charge in [-0.3, -0.25) is 14.6 Å². The van der Waals surface area contributed by atoms with E-state index in [4.69, 9.17) is 9.47 Å². The molecule has 0 unspecified atom stereocenters. The third kappa shape index (κ3) is 4.82. The van der Waals surface area contributed by atoms with Crippen molar-refractivity contribution in [2.24, 2.45) is 0 Å². The number of Topliss-reactive ketones (excluding diaryl/α,β-unsaturated/α-hetero) is 1. The molecule has 0 radical (unpaired) electrons. The minimum atomic E-state index is -0.906. The Kier molecular flexibility index (Phi) is 6.73. The van der Waals surface area contributed by atoms with Crippen LogP contribution in [0.3, 0.4) is 0 Å². The van der Waals surface area contributed by atoms with Crippen molar-refractivity contribution in [1.29, 1.82) is 0 Å². The zero-order valence-corrected chi connectivity index (χ0v) is 19.6. The number of aliphatic hydroxyl groups excluding tert-OH is 1. The second kappa shape index (κ2) is 9.89. The number of aromatic hydroxyl groups is 1. The van der Waals surface area contributed by atoms with Gasteiger partial charge in [0.25, 0.3) is 11.7 Å². The van der Waals surface area contributed by atoms with E-state index in [0.717, 1.165) is 5.56 Å². The first-order valence-corrected chi connectivity index (χ1v) is 11.1. The Morgan fingerprint density at radius 2 is 1.86 bits per heavy atom. The van der Waals surface area contributed by atoms with E-state index in [1.54, 1.807) is 60.9 Å². The number of carbonyl (C=O) groups is 2. The maximum atomic E-state index is 13.2. The van der Waals surface area contributed by atoms with Crippen LogP contribution in [-0.2, 0) is 16.1 Å². The largest absolute Gasteiger partial charge is 0.507 e. The maximum absolute atomic E-state index is 13.2. The molecule has 0 saturated carbocycles. The Bertz CT molecular complexity index is 1270. The maximum Gasteiger partial charge on any atom is 0.295 e. The standard InChI is InChI=1S/C27H26N2O6/c1-16(2)35-20-9-6-18(7-10-20)25(31)23-24(19-8-11-21(30)22(13-19)34-3)29(27(33)26(23)32)15-17-5-4-12-28-14-17/h4-14,16,24,30-31H,15H2,1-3H3/b25-23+/t24-/m1/s1. The normalized spacial score (nSPS) is 17.1. The second-order valence-electron chi connectivity index (χ2n) is 8.41. The van der Waals surface area contributed by atoms with E-state index < -0.39 is 17.7 Å². The molecule has 0 bridgehead atoms. The van der Waals surface area contributed by atoms with Gasteiger partial charge in [-0.1, -0.05) is 12.1 Å². The number of carbonyl (C=O) groups excluding carboxylic acids is 2. The highest BCUT2D eigenvalue weighted by atomic mass is 16.5. The van der Waals surface area contributed by atoms with Gasteiger partial charge in [0.05, 0.1) is 24.8 Å². The number of likely N-dealkylation sites (tertiary alicyclic amines) is 1. The van der Waals surface area contributed by atoms with Crippen molar-refractivity contribution in [1.82, 2.24) is 9.88 Å². The van der Waals surface area contributed by atoms with E-state index in [-0.39, 0.29) is 35.5 Å². The van der Waals surface area contributed by atoms with Crippen LogP contribution in [0.2, 0.25) is 0 Å². The van der Waals surface area contributed by atoms with Crippen molar-refractivity contribution in [3.05, 3.63) is 89.3 Å². The van der Waals surface area contributed by atoms with Crippen LogP contribution in [0.5, 0.6) is 17.2 Å². The number of ketones is 1. The average molecular weight is 475 g/mol. The lowest BCUT2D eigenvalue weighted by atomic mass is 9.95. The molecule has 1 aliphatic heterocycles. The van der Waals surface area contributed by atoms with Gasteiger partial charge in [0.2, 0.25) is 0 Å². The van der Waals surface area contributed by atoms with E-state index >= 15 is 0 Å². The number of amides is 1. The van der Waals surface area contributed by atoms with Gasteiger partial charge in [0, 0.05) is 24.5 Å². The molecular weight excluding hydrogens is 448 g/mol. The van der Waals surface area contributed by atoms with Gasteiger partial charge in [0.15, 0.2) is 11.5 Å². The average Bonchev–Trinajstić information content (AvgIpc) is 3.09. The molecule has 2 aromatic carbocycles. The van der Waals surface area contributed by atoms with Crippen LogP contribution in [0.4, 0.5) is 0 Å². The molecule has 4 rings (SSSR count). The number of pyridine rings is 1. The van der Waals surface area contributed by atoms with Gasteiger partial charge in [-0.05, 0) is 67.4 Å². The van der Waals surface area contributed by atoms with Gasteiger partial charge < -0.3 is 24.6 Å². The van der Waals surface area contributed by atoms with Crippen molar-refractivity contribution in [3.63, 3.8) is 0 Å². The van der Waals surface area contributed by atoms with Crippen LogP contribution in [0, 0.1) is 0 Å². The quantitative estimate of drug-likeness (QED) is 0.300. The Balaban J connectivity index is 1.83. The molecule has 3 aromatic rings. The zero-order chi connectivity index (χ0) is 25.1. The van der Waals surface area contributed by atoms with Gasteiger partial charge in [-0.25, -0.2) is 0 Å². The van der Waals surface area contributed by atoms with Crippen LogP contribution in [0.25, 0.3) is 5.76 Å². The van der Waals surface area contributed by atoms with Gasteiger partial charge in [0.1, 0.15) is 11.5 Å². The van der Waals surface area contributed by atoms with Gasteiger partial charge in [-0.15, -0.1) is 0 Å². The van der Waals surface area contributed by atoms with Crippen molar-refractivity contribution >= 4 is 17.4 Å². The number of methoxy groups -OCH3 is 1. The summed E-state index contributed by atoms with van der Waals surface area (Å²) < 4.78 is 10.9. The summed E-state index contributed by atoms with van der Waals surface area (Å²) in [5, 5.41) is 21.3. The lowest BCUT2D eigenvalue weighted by Crippen LogP contribution is -2.29. The molecule has 1 amide bonds. The molecule has 0 aliphatic carbocycles. The second-order valence-corrected chi connectivity index (χ2v) is 8.41. The third-order valence-electron chi connectivity index (χ3n) is 5.63. The summed E-state index contributed by atoms with van der Waals surface area (Å²) in [6.07, 6.45) is 3.21. The monoisotopic (exact) mass is 474 g/mol. The van der Waals surface area contributed by atoms with Gasteiger partial charge >= 0.3 is 0 Å². The molecule has 1 atom stereocenters.